The van der Waals surface area contributed by atoms with E-state index in [0.29, 0.717) is 28.7 Å². The second-order valence-corrected chi connectivity index (χ2v) is 5.97. The van der Waals surface area contributed by atoms with Crippen LogP contribution in [0, 0.1) is 0 Å². The summed E-state index contributed by atoms with van der Waals surface area (Å²) in [6, 6.07) is 6.37. The second kappa shape index (κ2) is 10.3. The van der Waals surface area contributed by atoms with E-state index in [9.17, 15) is 9.59 Å². The lowest BCUT2D eigenvalue weighted by Crippen LogP contribution is -2.28. The zero-order valence-electron chi connectivity index (χ0n) is 16.6. The number of benzene rings is 1. The van der Waals surface area contributed by atoms with Crippen LogP contribution >= 0.6 is 0 Å². The molecule has 0 radical (unpaired) electrons. The van der Waals surface area contributed by atoms with Gasteiger partial charge in [0.1, 0.15) is 0 Å². The molecule has 10 nitrogen and oxygen atoms in total. The van der Waals surface area contributed by atoms with Crippen LogP contribution in [0.15, 0.2) is 66.8 Å². The van der Waals surface area contributed by atoms with Crippen molar-refractivity contribution in [2.24, 2.45) is 5.73 Å². The largest absolute Gasteiger partial charge is 0.491 e. The third-order valence-corrected chi connectivity index (χ3v) is 3.64. The van der Waals surface area contributed by atoms with Crippen LogP contribution in [0.2, 0.25) is 0 Å². The lowest BCUT2D eigenvalue weighted by molar-refractivity contribution is -0.118. The van der Waals surface area contributed by atoms with Gasteiger partial charge in [0, 0.05) is 30.1 Å². The van der Waals surface area contributed by atoms with E-state index in [1.807, 2.05) is 0 Å². The van der Waals surface area contributed by atoms with Gasteiger partial charge in [-0.05, 0) is 36.4 Å². The number of allylic oxidation sites excluding steroid dienone is 2. The van der Waals surface area contributed by atoms with Crippen LogP contribution in [0.25, 0.3) is 11.4 Å². The highest BCUT2D eigenvalue weighted by molar-refractivity contribution is 5.91. The van der Waals surface area contributed by atoms with Gasteiger partial charge in [-0.3, -0.25) is 4.79 Å². The fraction of sp³-hybridized carbons (Fsp3) is 0.100. The Bertz CT molecular complexity index is 998. The molecule has 7 N–H and O–H groups in total. The van der Waals surface area contributed by atoms with E-state index in [-0.39, 0.29) is 11.7 Å². The average Bonchev–Trinajstić information content (AvgIpc) is 2.71. The van der Waals surface area contributed by atoms with Gasteiger partial charge in [0.15, 0.2) is 17.4 Å². The minimum atomic E-state index is -0.501. The summed E-state index contributed by atoms with van der Waals surface area (Å²) in [6.45, 7) is 5.02. The van der Waals surface area contributed by atoms with Crippen molar-refractivity contribution in [1.82, 2.24) is 20.6 Å². The standard InChI is InChI=1S/C20H23N7O3/c1-12(24-13(2)28)4-7-16(10-21)26-20(29)25-15-8-5-14(6-9-15)19-23-11-17(30-3)18(22)27-19/h4-11H,1,21H2,2-3H3,(H,24,28)(H2,22,23,27)(H2,25,26,29)/b7-4-,16-10+. The van der Waals surface area contributed by atoms with Crippen molar-refractivity contribution in [2.45, 2.75) is 6.92 Å². The Kier molecular flexibility index (Phi) is 7.52. The third-order valence-electron chi connectivity index (χ3n) is 3.64. The van der Waals surface area contributed by atoms with Crippen LogP contribution in [0.3, 0.4) is 0 Å². The number of amides is 3. The number of aromatic nitrogens is 2. The molecule has 0 bridgehead atoms. The summed E-state index contributed by atoms with van der Waals surface area (Å²) < 4.78 is 5.04. The topological polar surface area (TPSA) is 157 Å². The monoisotopic (exact) mass is 409 g/mol. The molecule has 30 heavy (non-hydrogen) atoms. The Hall–Kier alpha value is -4.34. The molecule has 0 fully saturated rings. The molecule has 0 saturated heterocycles. The van der Waals surface area contributed by atoms with Crippen molar-refractivity contribution >= 4 is 23.4 Å². The maximum absolute atomic E-state index is 12.2. The number of ether oxygens (including phenoxy) is 1. The molecule has 2 rings (SSSR count). The summed E-state index contributed by atoms with van der Waals surface area (Å²) in [7, 11) is 1.49. The number of nitrogens with zero attached hydrogens (tertiary/aromatic N) is 2. The highest BCUT2D eigenvalue weighted by Gasteiger charge is 2.08. The normalized spacial score (nSPS) is 11.1. The maximum Gasteiger partial charge on any atom is 0.323 e. The Morgan fingerprint density at radius 3 is 2.43 bits per heavy atom. The molecule has 0 aliphatic heterocycles. The molecule has 0 unspecified atom stereocenters. The number of anilines is 2. The molecule has 0 saturated carbocycles. The predicted octanol–water partition coefficient (Wildman–Crippen LogP) is 1.86. The molecule has 1 aromatic carbocycles. The number of carbonyl (C=O) groups excluding carboxylic acids is 2. The fourth-order valence-electron chi connectivity index (χ4n) is 2.27. The van der Waals surface area contributed by atoms with Crippen molar-refractivity contribution in [3.63, 3.8) is 0 Å². The van der Waals surface area contributed by atoms with E-state index < -0.39 is 6.03 Å². The summed E-state index contributed by atoms with van der Waals surface area (Å²) in [5, 5.41) is 7.76. The molecule has 0 spiro atoms. The predicted molar refractivity (Wildman–Crippen MR) is 115 cm³/mol. The van der Waals surface area contributed by atoms with Crippen molar-refractivity contribution in [3.8, 4) is 17.1 Å². The Balaban J connectivity index is 1.98. The highest BCUT2D eigenvalue weighted by Crippen LogP contribution is 2.23. The van der Waals surface area contributed by atoms with Crippen LogP contribution in [0.5, 0.6) is 5.75 Å². The molecule has 0 atom stereocenters. The Morgan fingerprint density at radius 2 is 1.87 bits per heavy atom. The molecule has 2 aromatic rings. The third kappa shape index (κ3) is 6.37. The minimum Gasteiger partial charge on any atom is -0.491 e. The number of methoxy groups -OCH3 is 1. The first-order valence-electron chi connectivity index (χ1n) is 8.73. The molecular formula is C20H23N7O3. The number of rotatable bonds is 7. The summed E-state index contributed by atoms with van der Waals surface area (Å²) in [4.78, 5) is 31.5. The quantitative estimate of drug-likeness (QED) is 0.437. The average molecular weight is 409 g/mol. The molecule has 156 valence electrons. The van der Waals surface area contributed by atoms with E-state index >= 15 is 0 Å². The number of nitrogens with two attached hydrogens (primary N) is 2. The van der Waals surface area contributed by atoms with E-state index in [0.717, 1.165) is 5.56 Å². The first kappa shape index (κ1) is 22.0. The molecular weight excluding hydrogens is 386 g/mol. The summed E-state index contributed by atoms with van der Waals surface area (Å²) in [6.07, 6.45) is 5.72. The Labute approximate surface area is 173 Å². The maximum atomic E-state index is 12.2. The minimum absolute atomic E-state index is 0.236. The lowest BCUT2D eigenvalue weighted by atomic mass is 10.2. The van der Waals surface area contributed by atoms with E-state index in [4.69, 9.17) is 16.2 Å². The van der Waals surface area contributed by atoms with Crippen LogP contribution in [0.1, 0.15) is 6.92 Å². The number of hydrogen-bond acceptors (Lipinski definition) is 7. The van der Waals surface area contributed by atoms with Crippen LogP contribution in [-0.2, 0) is 4.79 Å². The van der Waals surface area contributed by atoms with E-state index in [1.165, 1.54) is 38.6 Å². The van der Waals surface area contributed by atoms with Gasteiger partial charge in [-0.15, -0.1) is 0 Å². The SMILES string of the molecule is C=C(/C=C\C(=C/N)NC(=O)Nc1ccc(-c2ncc(OC)c(N)n2)cc1)NC(C)=O. The second-order valence-electron chi connectivity index (χ2n) is 5.97. The number of urea groups is 1. The molecule has 1 aromatic heterocycles. The zero-order chi connectivity index (χ0) is 22.1. The van der Waals surface area contributed by atoms with Crippen LogP contribution < -0.4 is 32.2 Å². The smallest absolute Gasteiger partial charge is 0.323 e. The first-order chi connectivity index (χ1) is 14.3. The van der Waals surface area contributed by atoms with Gasteiger partial charge in [0.25, 0.3) is 0 Å². The van der Waals surface area contributed by atoms with Gasteiger partial charge in [0.05, 0.1) is 19.0 Å². The number of hydrogen-bond donors (Lipinski definition) is 5. The van der Waals surface area contributed by atoms with Crippen LogP contribution in [-0.4, -0.2) is 29.0 Å². The molecule has 0 aliphatic rings. The van der Waals surface area contributed by atoms with E-state index in [1.54, 1.807) is 24.3 Å². The summed E-state index contributed by atoms with van der Waals surface area (Å²) >= 11 is 0. The molecule has 1 heterocycles. The highest BCUT2D eigenvalue weighted by atomic mass is 16.5. The summed E-state index contributed by atoms with van der Waals surface area (Å²) in [5.74, 6) is 0.814. The van der Waals surface area contributed by atoms with Crippen molar-refractivity contribution in [2.75, 3.05) is 18.2 Å². The Morgan fingerprint density at radius 1 is 1.17 bits per heavy atom. The van der Waals surface area contributed by atoms with Gasteiger partial charge in [-0.1, -0.05) is 6.58 Å². The lowest BCUT2D eigenvalue weighted by Gasteiger charge is -2.09. The first-order valence-corrected chi connectivity index (χ1v) is 8.73. The molecule has 3 amide bonds. The zero-order valence-corrected chi connectivity index (χ0v) is 16.6. The van der Waals surface area contributed by atoms with Gasteiger partial charge in [0.2, 0.25) is 5.91 Å². The van der Waals surface area contributed by atoms with Crippen molar-refractivity contribution in [1.29, 1.82) is 0 Å². The molecule has 10 heteroatoms. The number of nitrogens with one attached hydrogen (secondary N) is 3. The van der Waals surface area contributed by atoms with Gasteiger partial charge in [-0.2, -0.15) is 0 Å². The van der Waals surface area contributed by atoms with Crippen LogP contribution in [0.4, 0.5) is 16.3 Å². The van der Waals surface area contributed by atoms with Gasteiger partial charge in [-0.25, -0.2) is 14.8 Å². The van der Waals surface area contributed by atoms with Gasteiger partial charge < -0.3 is 32.2 Å². The fourth-order valence-corrected chi connectivity index (χ4v) is 2.27. The van der Waals surface area contributed by atoms with Gasteiger partial charge >= 0.3 is 6.03 Å². The van der Waals surface area contributed by atoms with Crippen molar-refractivity contribution < 1.29 is 14.3 Å². The number of nitrogen functional groups attached to an aromatic ring is 1. The number of carbonyl (C=O) groups is 2. The summed E-state index contributed by atoms with van der Waals surface area (Å²) in [5.41, 5.74) is 13.3. The molecule has 0 aliphatic carbocycles. The van der Waals surface area contributed by atoms with E-state index in [2.05, 4.69) is 32.5 Å². The van der Waals surface area contributed by atoms with Crippen molar-refractivity contribution in [3.05, 3.63) is 66.8 Å².